The van der Waals surface area contributed by atoms with Crippen LogP contribution in [0.5, 0.6) is 0 Å². The Kier molecular flexibility index (Phi) is 4.58. The van der Waals surface area contributed by atoms with Crippen LogP contribution in [0.3, 0.4) is 0 Å². The van der Waals surface area contributed by atoms with Gasteiger partial charge in [-0.2, -0.15) is 0 Å². The Morgan fingerprint density at radius 2 is 1.94 bits per heavy atom. The Hall–Kier alpha value is -0.660. The zero-order valence-electron chi connectivity index (χ0n) is 10.1. The van der Waals surface area contributed by atoms with Crippen molar-refractivity contribution in [3.63, 3.8) is 0 Å². The number of carbonyl (C=O) groups is 1. The molecule has 2 rings (SSSR count). The minimum absolute atomic E-state index is 0.0209. The highest BCUT2D eigenvalue weighted by atomic mass is 127. The fourth-order valence-corrected chi connectivity index (χ4v) is 2.85. The number of halogens is 1. The molecular weight excluding hydrogens is 343 g/mol. The highest BCUT2D eigenvalue weighted by Crippen LogP contribution is 2.34. The SMILES string of the molecule is NCC1(c2ccc(I)cc2)CCN(OC=O)CC1. The maximum Gasteiger partial charge on any atom is 0.312 e. The molecule has 0 atom stereocenters. The fraction of sp³-hybridized carbons (Fsp3) is 0.462. The van der Waals surface area contributed by atoms with Crippen molar-refractivity contribution in [1.29, 1.82) is 0 Å². The second-order valence-corrected chi connectivity index (χ2v) is 5.87. The van der Waals surface area contributed by atoms with Crippen LogP contribution in [-0.4, -0.2) is 31.2 Å². The van der Waals surface area contributed by atoms with Gasteiger partial charge in [0.15, 0.2) is 0 Å². The molecule has 1 aromatic carbocycles. The van der Waals surface area contributed by atoms with Crippen LogP contribution in [0.2, 0.25) is 0 Å². The molecule has 0 aromatic heterocycles. The maximum absolute atomic E-state index is 10.3. The predicted octanol–water partition coefficient (Wildman–Crippen LogP) is 1.67. The molecular formula is C13H17IN2O2. The Balaban J connectivity index is 2.13. The van der Waals surface area contributed by atoms with Gasteiger partial charge in [-0.05, 0) is 53.1 Å². The van der Waals surface area contributed by atoms with E-state index < -0.39 is 0 Å². The molecule has 0 bridgehead atoms. The Labute approximate surface area is 121 Å². The molecule has 18 heavy (non-hydrogen) atoms. The van der Waals surface area contributed by atoms with Crippen LogP contribution in [0.15, 0.2) is 24.3 Å². The first-order chi connectivity index (χ1) is 8.70. The van der Waals surface area contributed by atoms with Crippen LogP contribution < -0.4 is 5.73 Å². The molecule has 1 aliphatic heterocycles. The second kappa shape index (κ2) is 5.99. The normalized spacial score (nSPS) is 19.4. The third-order valence-electron chi connectivity index (χ3n) is 3.72. The van der Waals surface area contributed by atoms with E-state index >= 15 is 0 Å². The van der Waals surface area contributed by atoms with Crippen molar-refractivity contribution in [2.75, 3.05) is 19.6 Å². The lowest BCUT2D eigenvalue weighted by molar-refractivity contribution is -0.181. The summed E-state index contributed by atoms with van der Waals surface area (Å²) in [6, 6.07) is 8.54. The van der Waals surface area contributed by atoms with Crippen molar-refractivity contribution in [3.05, 3.63) is 33.4 Å². The topological polar surface area (TPSA) is 55.6 Å². The van der Waals surface area contributed by atoms with Gasteiger partial charge >= 0.3 is 6.47 Å². The van der Waals surface area contributed by atoms with Crippen LogP contribution in [-0.2, 0) is 15.0 Å². The summed E-state index contributed by atoms with van der Waals surface area (Å²) in [5.74, 6) is 0. The number of benzene rings is 1. The second-order valence-electron chi connectivity index (χ2n) is 4.62. The number of hydroxylamine groups is 2. The molecule has 1 aromatic rings. The minimum Gasteiger partial charge on any atom is -0.371 e. The van der Waals surface area contributed by atoms with Crippen molar-refractivity contribution < 1.29 is 9.63 Å². The molecule has 0 unspecified atom stereocenters. The van der Waals surface area contributed by atoms with Gasteiger partial charge in [-0.3, -0.25) is 4.79 Å². The quantitative estimate of drug-likeness (QED) is 0.656. The molecule has 5 heteroatoms. The first-order valence-corrected chi connectivity index (χ1v) is 7.09. The lowest BCUT2D eigenvalue weighted by Gasteiger charge is -2.40. The van der Waals surface area contributed by atoms with Crippen LogP contribution in [0.4, 0.5) is 0 Å². The van der Waals surface area contributed by atoms with E-state index in [1.165, 1.54) is 9.13 Å². The number of rotatable bonds is 4. The van der Waals surface area contributed by atoms with E-state index in [9.17, 15) is 4.79 Å². The van der Waals surface area contributed by atoms with E-state index in [4.69, 9.17) is 10.6 Å². The number of nitrogens with two attached hydrogens (primary N) is 1. The standard InChI is InChI=1S/C13H17IN2O2/c14-12-3-1-11(2-4-12)13(9-15)5-7-16(8-6-13)18-10-17/h1-4,10H,5-9,15H2. The van der Waals surface area contributed by atoms with E-state index in [2.05, 4.69) is 46.9 Å². The summed E-state index contributed by atoms with van der Waals surface area (Å²) >= 11 is 2.30. The number of nitrogens with zero attached hydrogens (tertiary/aromatic N) is 1. The highest BCUT2D eigenvalue weighted by molar-refractivity contribution is 14.1. The fourth-order valence-electron chi connectivity index (χ4n) is 2.49. The van der Waals surface area contributed by atoms with Crippen LogP contribution in [0, 0.1) is 3.57 Å². The van der Waals surface area contributed by atoms with Crippen molar-refractivity contribution in [2.24, 2.45) is 5.73 Å². The van der Waals surface area contributed by atoms with Gasteiger partial charge in [-0.25, -0.2) is 0 Å². The lowest BCUT2D eigenvalue weighted by Crippen LogP contribution is -2.46. The molecule has 2 N–H and O–H groups in total. The monoisotopic (exact) mass is 360 g/mol. The first kappa shape index (κ1) is 13.8. The Bertz CT molecular complexity index is 400. The largest absolute Gasteiger partial charge is 0.371 e. The molecule has 98 valence electrons. The van der Waals surface area contributed by atoms with Crippen LogP contribution in [0.25, 0.3) is 0 Å². The molecule has 4 nitrogen and oxygen atoms in total. The third-order valence-corrected chi connectivity index (χ3v) is 4.44. The van der Waals surface area contributed by atoms with Crippen molar-refractivity contribution in [2.45, 2.75) is 18.3 Å². The molecule has 0 spiro atoms. The third kappa shape index (κ3) is 2.84. The van der Waals surface area contributed by atoms with E-state index in [1.807, 2.05) is 0 Å². The van der Waals surface area contributed by atoms with Gasteiger partial charge in [0.25, 0.3) is 0 Å². The van der Waals surface area contributed by atoms with Gasteiger partial charge in [0.2, 0.25) is 0 Å². The Morgan fingerprint density at radius 1 is 1.33 bits per heavy atom. The smallest absolute Gasteiger partial charge is 0.312 e. The zero-order chi connectivity index (χ0) is 13.0. The summed E-state index contributed by atoms with van der Waals surface area (Å²) in [4.78, 5) is 15.2. The molecule has 1 heterocycles. The molecule has 1 saturated heterocycles. The summed E-state index contributed by atoms with van der Waals surface area (Å²) in [5.41, 5.74) is 7.31. The minimum atomic E-state index is 0.0209. The molecule has 0 aliphatic carbocycles. The predicted molar refractivity (Wildman–Crippen MR) is 77.8 cm³/mol. The lowest BCUT2D eigenvalue weighted by atomic mass is 9.73. The average Bonchev–Trinajstić information content (AvgIpc) is 2.41. The molecule has 0 amide bonds. The van der Waals surface area contributed by atoms with Gasteiger partial charge in [0.05, 0.1) is 0 Å². The van der Waals surface area contributed by atoms with Gasteiger partial charge in [0.1, 0.15) is 0 Å². The maximum atomic E-state index is 10.3. The van der Waals surface area contributed by atoms with Crippen LogP contribution >= 0.6 is 22.6 Å². The number of hydrogen-bond acceptors (Lipinski definition) is 4. The number of hydrogen-bond donors (Lipinski definition) is 1. The van der Waals surface area contributed by atoms with Gasteiger partial charge < -0.3 is 10.6 Å². The summed E-state index contributed by atoms with van der Waals surface area (Å²) in [6.45, 7) is 2.59. The van der Waals surface area contributed by atoms with Crippen molar-refractivity contribution in [3.8, 4) is 0 Å². The molecule has 1 fully saturated rings. The Morgan fingerprint density at radius 3 is 2.44 bits per heavy atom. The van der Waals surface area contributed by atoms with Crippen LogP contribution in [0.1, 0.15) is 18.4 Å². The molecule has 1 aliphatic rings. The first-order valence-electron chi connectivity index (χ1n) is 6.02. The van der Waals surface area contributed by atoms with E-state index in [0.29, 0.717) is 13.0 Å². The van der Waals surface area contributed by atoms with Gasteiger partial charge in [-0.1, -0.05) is 12.1 Å². The zero-order valence-corrected chi connectivity index (χ0v) is 12.3. The summed E-state index contributed by atoms with van der Waals surface area (Å²) in [7, 11) is 0. The summed E-state index contributed by atoms with van der Waals surface area (Å²) in [5, 5.41) is 1.70. The average molecular weight is 360 g/mol. The van der Waals surface area contributed by atoms with Crippen molar-refractivity contribution in [1.82, 2.24) is 5.06 Å². The van der Waals surface area contributed by atoms with Gasteiger partial charge in [-0.15, -0.1) is 5.06 Å². The highest BCUT2D eigenvalue weighted by Gasteiger charge is 2.35. The van der Waals surface area contributed by atoms with Crippen molar-refractivity contribution >= 4 is 29.1 Å². The summed E-state index contributed by atoms with van der Waals surface area (Å²) < 4.78 is 1.23. The number of carbonyl (C=O) groups excluding carboxylic acids is 1. The van der Waals surface area contributed by atoms with E-state index in [-0.39, 0.29) is 5.41 Å². The van der Waals surface area contributed by atoms with Gasteiger partial charge in [0, 0.05) is 28.6 Å². The molecule has 0 radical (unpaired) electrons. The molecule has 0 saturated carbocycles. The summed E-state index contributed by atoms with van der Waals surface area (Å²) in [6.07, 6.45) is 1.83. The van der Waals surface area contributed by atoms with E-state index in [1.54, 1.807) is 5.06 Å². The number of piperidine rings is 1. The van der Waals surface area contributed by atoms with E-state index in [0.717, 1.165) is 25.9 Å².